The Bertz CT molecular complexity index is 851. The van der Waals surface area contributed by atoms with Crippen LogP contribution in [0.1, 0.15) is 10.4 Å². The highest BCUT2D eigenvalue weighted by atomic mass is 79.9. The Morgan fingerprint density at radius 2 is 2.04 bits per heavy atom. The lowest BCUT2D eigenvalue weighted by molar-refractivity contribution is 0.102. The minimum absolute atomic E-state index is 0.176. The van der Waals surface area contributed by atoms with Crippen LogP contribution in [-0.4, -0.2) is 32.4 Å². The molecule has 0 bridgehead atoms. The lowest BCUT2D eigenvalue weighted by Gasteiger charge is -2.08. The molecule has 8 heteroatoms. The minimum Gasteiger partial charge on any atom is -0.322 e. The lowest BCUT2D eigenvalue weighted by atomic mass is 10.2. The summed E-state index contributed by atoms with van der Waals surface area (Å²) in [4.78, 5) is 12.3. The number of rotatable bonds is 4. The summed E-state index contributed by atoms with van der Waals surface area (Å²) < 4.78 is 2.48. The number of anilines is 1. The zero-order valence-corrected chi connectivity index (χ0v) is 14.5. The Morgan fingerprint density at radius 3 is 2.83 bits per heavy atom. The fourth-order valence-corrected chi connectivity index (χ4v) is 2.85. The van der Waals surface area contributed by atoms with Crippen molar-refractivity contribution in [1.82, 2.24) is 20.2 Å². The van der Waals surface area contributed by atoms with Crippen LogP contribution in [0.5, 0.6) is 0 Å². The van der Waals surface area contributed by atoms with Crippen molar-refractivity contribution in [1.29, 1.82) is 0 Å². The number of carbonyl (C=O) groups is 1. The average Bonchev–Trinajstić information content (AvgIpc) is 3.04. The molecule has 0 saturated heterocycles. The molecule has 0 aliphatic carbocycles. The zero-order valence-electron chi connectivity index (χ0n) is 12.1. The summed E-state index contributed by atoms with van der Waals surface area (Å²) in [6.07, 6.45) is 1.90. The van der Waals surface area contributed by atoms with E-state index in [4.69, 9.17) is 0 Å². The third-order valence-electron chi connectivity index (χ3n) is 3.06. The van der Waals surface area contributed by atoms with Crippen molar-refractivity contribution in [2.24, 2.45) is 0 Å². The molecule has 0 aliphatic heterocycles. The molecule has 0 atom stereocenters. The van der Waals surface area contributed by atoms with Crippen LogP contribution in [0.2, 0.25) is 0 Å². The molecule has 1 aromatic heterocycles. The van der Waals surface area contributed by atoms with Gasteiger partial charge in [-0.2, -0.15) is 4.68 Å². The molecule has 1 heterocycles. The summed E-state index contributed by atoms with van der Waals surface area (Å²) in [5, 5.41) is 15.1. The van der Waals surface area contributed by atoms with E-state index in [2.05, 4.69) is 36.8 Å². The van der Waals surface area contributed by atoms with Crippen LogP contribution in [0, 0.1) is 0 Å². The van der Waals surface area contributed by atoms with E-state index in [1.807, 2.05) is 42.7 Å². The lowest BCUT2D eigenvalue weighted by Crippen LogP contribution is -2.12. The normalized spacial score (nSPS) is 10.5. The highest BCUT2D eigenvalue weighted by Crippen LogP contribution is 2.19. The maximum atomic E-state index is 12.3. The van der Waals surface area contributed by atoms with Gasteiger partial charge < -0.3 is 5.32 Å². The molecule has 2 aromatic carbocycles. The summed E-state index contributed by atoms with van der Waals surface area (Å²) in [6, 6.07) is 14.6. The second-order valence-corrected chi connectivity index (χ2v) is 6.28. The first-order valence-electron chi connectivity index (χ1n) is 6.67. The monoisotopic (exact) mass is 389 g/mol. The summed E-state index contributed by atoms with van der Waals surface area (Å²) in [5.41, 5.74) is 2.04. The Balaban J connectivity index is 1.84. The number of hydrogen-bond acceptors (Lipinski definition) is 5. The van der Waals surface area contributed by atoms with Crippen LogP contribution in [-0.2, 0) is 0 Å². The van der Waals surface area contributed by atoms with Gasteiger partial charge in [-0.1, -0.05) is 39.8 Å². The summed E-state index contributed by atoms with van der Waals surface area (Å²) >= 11 is 4.81. The number of hydrogen-bond donors (Lipinski definition) is 1. The maximum absolute atomic E-state index is 12.3. The molecular weight excluding hydrogens is 378 g/mol. The van der Waals surface area contributed by atoms with Crippen LogP contribution >= 0.6 is 27.7 Å². The highest BCUT2D eigenvalue weighted by molar-refractivity contribution is 9.10. The number of thioether (sulfide) groups is 1. The van der Waals surface area contributed by atoms with Crippen molar-refractivity contribution in [3.63, 3.8) is 0 Å². The molecule has 0 fully saturated rings. The zero-order chi connectivity index (χ0) is 16.2. The first-order valence-corrected chi connectivity index (χ1v) is 8.69. The first kappa shape index (κ1) is 15.7. The molecule has 6 nitrogen and oxygen atoms in total. The molecule has 0 unspecified atom stereocenters. The van der Waals surface area contributed by atoms with E-state index in [-0.39, 0.29) is 5.91 Å². The van der Waals surface area contributed by atoms with E-state index in [9.17, 15) is 4.79 Å². The number of amides is 1. The third-order valence-corrected chi connectivity index (χ3v) is 4.17. The number of benzene rings is 2. The van der Waals surface area contributed by atoms with Gasteiger partial charge in [0.05, 0.1) is 5.69 Å². The number of carbonyl (C=O) groups excluding carboxylic acids is 1. The number of aromatic nitrogens is 4. The predicted molar refractivity (Wildman–Crippen MR) is 93.0 cm³/mol. The van der Waals surface area contributed by atoms with Crippen LogP contribution in [0.15, 0.2) is 58.2 Å². The standard InChI is InChI=1S/C15H12BrN5OS/c1-23-15-18-19-20-21(15)13-7-3-6-12(9-13)17-14(22)10-4-2-5-11(16)8-10/h2-9H,1H3,(H,17,22). The Hall–Kier alpha value is -2.19. The first-order chi connectivity index (χ1) is 11.2. The van der Waals surface area contributed by atoms with E-state index in [0.29, 0.717) is 16.4 Å². The number of nitrogens with one attached hydrogen (secondary N) is 1. The van der Waals surface area contributed by atoms with E-state index in [1.54, 1.807) is 16.8 Å². The molecule has 0 spiro atoms. The molecule has 3 aromatic rings. The van der Waals surface area contributed by atoms with Gasteiger partial charge in [-0.05, 0) is 53.1 Å². The van der Waals surface area contributed by atoms with Crippen molar-refractivity contribution >= 4 is 39.3 Å². The van der Waals surface area contributed by atoms with Gasteiger partial charge in [-0.3, -0.25) is 4.79 Å². The molecular formula is C15H12BrN5OS. The SMILES string of the molecule is CSc1nnnn1-c1cccc(NC(=O)c2cccc(Br)c2)c1. The number of nitrogens with zero attached hydrogens (tertiary/aromatic N) is 4. The van der Waals surface area contributed by atoms with Crippen LogP contribution in [0.25, 0.3) is 5.69 Å². The van der Waals surface area contributed by atoms with Crippen LogP contribution in [0.3, 0.4) is 0 Å². The van der Waals surface area contributed by atoms with Crippen molar-refractivity contribution in [3.8, 4) is 5.69 Å². The molecule has 3 rings (SSSR count). The summed E-state index contributed by atoms with van der Waals surface area (Å²) in [6.45, 7) is 0. The smallest absolute Gasteiger partial charge is 0.255 e. The molecule has 23 heavy (non-hydrogen) atoms. The van der Waals surface area contributed by atoms with Gasteiger partial charge in [0, 0.05) is 15.7 Å². The molecule has 116 valence electrons. The largest absolute Gasteiger partial charge is 0.322 e. The van der Waals surface area contributed by atoms with Gasteiger partial charge in [0.2, 0.25) is 5.16 Å². The number of tetrazole rings is 1. The molecule has 0 radical (unpaired) electrons. The van der Waals surface area contributed by atoms with Crippen molar-refractivity contribution in [2.45, 2.75) is 5.16 Å². The van der Waals surface area contributed by atoms with Gasteiger partial charge in [-0.15, -0.1) is 5.10 Å². The van der Waals surface area contributed by atoms with Crippen molar-refractivity contribution < 1.29 is 4.79 Å². The average molecular weight is 390 g/mol. The van der Waals surface area contributed by atoms with Crippen molar-refractivity contribution in [3.05, 3.63) is 58.6 Å². The highest BCUT2D eigenvalue weighted by Gasteiger charge is 2.10. The molecule has 0 aliphatic rings. The number of halogens is 1. The third kappa shape index (κ3) is 3.59. The molecule has 1 N–H and O–H groups in total. The Labute approximate surface area is 145 Å². The minimum atomic E-state index is -0.176. The van der Waals surface area contributed by atoms with Crippen LogP contribution in [0.4, 0.5) is 5.69 Å². The fourth-order valence-electron chi connectivity index (χ4n) is 2.02. The summed E-state index contributed by atoms with van der Waals surface area (Å²) in [7, 11) is 0. The topological polar surface area (TPSA) is 72.7 Å². The summed E-state index contributed by atoms with van der Waals surface area (Å²) in [5.74, 6) is -0.176. The van der Waals surface area contributed by atoms with E-state index < -0.39 is 0 Å². The quantitative estimate of drug-likeness (QED) is 0.692. The Morgan fingerprint density at radius 1 is 1.22 bits per heavy atom. The van der Waals surface area contributed by atoms with E-state index in [0.717, 1.165) is 10.2 Å². The second-order valence-electron chi connectivity index (χ2n) is 4.59. The van der Waals surface area contributed by atoms with E-state index in [1.165, 1.54) is 11.8 Å². The van der Waals surface area contributed by atoms with Gasteiger partial charge >= 0.3 is 0 Å². The maximum Gasteiger partial charge on any atom is 0.255 e. The van der Waals surface area contributed by atoms with Gasteiger partial charge in [0.25, 0.3) is 5.91 Å². The van der Waals surface area contributed by atoms with Gasteiger partial charge in [0.1, 0.15) is 0 Å². The van der Waals surface area contributed by atoms with Gasteiger partial charge in [0.15, 0.2) is 0 Å². The van der Waals surface area contributed by atoms with Gasteiger partial charge in [-0.25, -0.2) is 0 Å². The van der Waals surface area contributed by atoms with E-state index >= 15 is 0 Å². The fraction of sp³-hybridized carbons (Fsp3) is 0.0667. The molecule has 0 saturated carbocycles. The Kier molecular flexibility index (Phi) is 4.73. The van der Waals surface area contributed by atoms with Crippen LogP contribution < -0.4 is 5.32 Å². The molecule has 1 amide bonds. The van der Waals surface area contributed by atoms with Crippen molar-refractivity contribution in [2.75, 3.05) is 11.6 Å². The predicted octanol–water partition coefficient (Wildman–Crippen LogP) is 3.40. The second kappa shape index (κ2) is 6.93.